The van der Waals surface area contributed by atoms with Crippen LogP contribution in [0.15, 0.2) is 24.5 Å². The average Bonchev–Trinajstić information content (AvgIpc) is 2.54. The van der Waals surface area contributed by atoms with E-state index in [2.05, 4.69) is 17.2 Å². The summed E-state index contributed by atoms with van der Waals surface area (Å²) in [4.78, 5) is 30.2. The predicted octanol–water partition coefficient (Wildman–Crippen LogP) is 2.17. The predicted molar refractivity (Wildman–Crippen MR) is 93.3 cm³/mol. The highest BCUT2D eigenvalue weighted by molar-refractivity contribution is 5.85. The minimum absolute atomic E-state index is 0.125. The van der Waals surface area contributed by atoms with E-state index < -0.39 is 12.0 Å². The van der Waals surface area contributed by atoms with Crippen molar-refractivity contribution in [2.24, 2.45) is 5.92 Å². The summed E-state index contributed by atoms with van der Waals surface area (Å²) in [5.41, 5.74) is 1.12. The lowest BCUT2D eigenvalue weighted by molar-refractivity contribution is -0.145. The van der Waals surface area contributed by atoms with Crippen molar-refractivity contribution in [1.82, 2.24) is 15.2 Å². The molecule has 1 aromatic rings. The van der Waals surface area contributed by atoms with Crippen LogP contribution in [0.2, 0.25) is 0 Å². The summed E-state index contributed by atoms with van der Waals surface area (Å²) in [6.45, 7) is 6.30. The topological polar surface area (TPSA) is 71.5 Å². The van der Waals surface area contributed by atoms with Crippen LogP contribution in [-0.2, 0) is 14.3 Å². The Kier molecular flexibility index (Phi) is 8.40. The summed E-state index contributed by atoms with van der Waals surface area (Å²) in [7, 11) is 3.24. The number of nitrogens with zero attached hydrogens (tertiary/aromatic N) is 2. The third-order valence-corrected chi connectivity index (χ3v) is 3.93. The molecule has 0 saturated heterocycles. The summed E-state index contributed by atoms with van der Waals surface area (Å²) in [5, 5.41) is 2.79. The van der Waals surface area contributed by atoms with Gasteiger partial charge in [0.15, 0.2) is 0 Å². The van der Waals surface area contributed by atoms with E-state index in [1.165, 1.54) is 7.11 Å². The smallest absolute Gasteiger partial charge is 0.328 e. The molecule has 0 radical (unpaired) electrons. The van der Waals surface area contributed by atoms with Crippen molar-refractivity contribution in [1.29, 1.82) is 0 Å². The number of carbonyl (C=O) groups is 2. The number of aromatic nitrogens is 1. The number of likely N-dealkylation sites (N-methyl/N-ethyl adjacent to an activating group) is 1. The maximum atomic E-state index is 12.3. The molecule has 6 heteroatoms. The second kappa shape index (κ2) is 10.0. The van der Waals surface area contributed by atoms with E-state index in [1.807, 2.05) is 37.9 Å². The van der Waals surface area contributed by atoms with Crippen molar-refractivity contribution in [2.45, 2.75) is 45.7 Å². The van der Waals surface area contributed by atoms with Gasteiger partial charge >= 0.3 is 5.97 Å². The van der Waals surface area contributed by atoms with Crippen LogP contribution in [0.3, 0.4) is 0 Å². The molecule has 0 spiro atoms. The van der Waals surface area contributed by atoms with E-state index in [4.69, 9.17) is 4.74 Å². The van der Waals surface area contributed by atoms with E-state index in [0.29, 0.717) is 6.42 Å². The van der Waals surface area contributed by atoms with Gasteiger partial charge in [0.2, 0.25) is 5.91 Å². The van der Waals surface area contributed by atoms with Gasteiger partial charge in [-0.2, -0.15) is 0 Å². The maximum absolute atomic E-state index is 12.3. The van der Waals surface area contributed by atoms with E-state index in [-0.39, 0.29) is 24.4 Å². The van der Waals surface area contributed by atoms with Crippen LogP contribution in [0, 0.1) is 5.92 Å². The second-order valence-corrected chi connectivity index (χ2v) is 6.39. The molecule has 0 aliphatic carbocycles. The zero-order valence-corrected chi connectivity index (χ0v) is 15.3. The minimum Gasteiger partial charge on any atom is -0.467 e. The van der Waals surface area contributed by atoms with E-state index in [9.17, 15) is 9.59 Å². The fraction of sp³-hybridized carbons (Fsp3) is 0.611. The Bertz CT molecular complexity index is 520. The minimum atomic E-state index is -0.600. The third kappa shape index (κ3) is 6.28. The molecular weight excluding hydrogens is 306 g/mol. The number of hydrogen-bond donors (Lipinski definition) is 1. The quantitative estimate of drug-likeness (QED) is 0.700. The van der Waals surface area contributed by atoms with Gasteiger partial charge in [0, 0.05) is 18.4 Å². The standard InChI is InChI=1S/C18H29N3O3/c1-6-16(14-7-9-19-10-8-14)21(4)12-17(22)20-15(11-13(2)3)18(23)24-5/h7-10,13,15-16H,6,11-12H2,1-5H3,(H,20,22). The molecule has 0 aliphatic heterocycles. The van der Waals surface area contributed by atoms with Crippen molar-refractivity contribution in [3.63, 3.8) is 0 Å². The Hall–Kier alpha value is -1.95. The van der Waals surface area contributed by atoms with Gasteiger partial charge < -0.3 is 10.1 Å². The number of hydrogen-bond acceptors (Lipinski definition) is 5. The van der Waals surface area contributed by atoms with Gasteiger partial charge in [0.25, 0.3) is 0 Å². The molecule has 1 heterocycles. The van der Waals surface area contributed by atoms with Gasteiger partial charge in [-0.05, 0) is 43.5 Å². The Morgan fingerprint density at radius 2 is 1.92 bits per heavy atom. The SMILES string of the molecule is CCC(c1ccncc1)N(C)CC(=O)NC(CC(C)C)C(=O)OC. The monoisotopic (exact) mass is 335 g/mol. The van der Waals surface area contributed by atoms with Gasteiger partial charge in [-0.15, -0.1) is 0 Å². The number of methoxy groups -OCH3 is 1. The molecule has 1 rings (SSSR count). The summed E-state index contributed by atoms with van der Waals surface area (Å²) in [6, 6.07) is 3.44. The first-order valence-electron chi connectivity index (χ1n) is 8.36. The molecule has 1 amide bonds. The van der Waals surface area contributed by atoms with Crippen molar-refractivity contribution >= 4 is 11.9 Å². The summed E-state index contributed by atoms with van der Waals surface area (Å²) in [5.74, 6) is -0.297. The molecule has 2 atom stereocenters. The largest absolute Gasteiger partial charge is 0.467 e. The van der Waals surface area contributed by atoms with E-state index >= 15 is 0 Å². The van der Waals surface area contributed by atoms with Crippen molar-refractivity contribution in [2.75, 3.05) is 20.7 Å². The third-order valence-electron chi connectivity index (χ3n) is 3.93. The molecule has 1 aromatic heterocycles. The summed E-state index contributed by atoms with van der Waals surface area (Å²) >= 11 is 0. The van der Waals surface area contributed by atoms with Crippen LogP contribution in [-0.4, -0.2) is 48.5 Å². The van der Waals surface area contributed by atoms with Crippen molar-refractivity contribution in [3.05, 3.63) is 30.1 Å². The maximum Gasteiger partial charge on any atom is 0.328 e. The summed E-state index contributed by atoms with van der Waals surface area (Å²) < 4.78 is 4.78. The fourth-order valence-corrected chi connectivity index (χ4v) is 2.79. The number of rotatable bonds is 9. The number of ether oxygens (including phenoxy) is 1. The average molecular weight is 335 g/mol. The van der Waals surface area contributed by atoms with Gasteiger partial charge in [0.05, 0.1) is 13.7 Å². The molecule has 0 saturated carbocycles. The Morgan fingerprint density at radius 1 is 1.29 bits per heavy atom. The first-order valence-corrected chi connectivity index (χ1v) is 8.36. The van der Waals surface area contributed by atoms with Crippen molar-refractivity contribution in [3.8, 4) is 0 Å². The van der Waals surface area contributed by atoms with Gasteiger partial charge in [-0.25, -0.2) is 4.79 Å². The lowest BCUT2D eigenvalue weighted by Crippen LogP contribution is -2.46. The molecule has 0 bridgehead atoms. The van der Waals surface area contributed by atoms with Crippen LogP contribution in [0.4, 0.5) is 0 Å². The Morgan fingerprint density at radius 3 is 2.42 bits per heavy atom. The fourth-order valence-electron chi connectivity index (χ4n) is 2.79. The van der Waals surface area contributed by atoms with Crippen LogP contribution < -0.4 is 5.32 Å². The Labute approximate surface area is 144 Å². The van der Waals surface area contributed by atoms with Gasteiger partial charge in [0.1, 0.15) is 6.04 Å². The summed E-state index contributed by atoms with van der Waals surface area (Å²) in [6.07, 6.45) is 4.94. The molecule has 134 valence electrons. The lowest BCUT2D eigenvalue weighted by Gasteiger charge is -2.27. The lowest BCUT2D eigenvalue weighted by atomic mass is 10.0. The van der Waals surface area contributed by atoms with Crippen molar-refractivity contribution < 1.29 is 14.3 Å². The molecule has 0 fully saturated rings. The Balaban J connectivity index is 2.68. The zero-order chi connectivity index (χ0) is 18.1. The van der Waals surface area contributed by atoms with Gasteiger partial charge in [-0.3, -0.25) is 14.7 Å². The highest BCUT2D eigenvalue weighted by Gasteiger charge is 2.24. The number of nitrogens with one attached hydrogen (secondary N) is 1. The normalized spacial score (nSPS) is 13.6. The van der Waals surface area contributed by atoms with E-state index in [1.54, 1.807) is 12.4 Å². The molecule has 1 N–H and O–H groups in total. The first kappa shape index (κ1) is 20.1. The van der Waals surface area contributed by atoms with Crippen LogP contribution in [0.25, 0.3) is 0 Å². The molecular formula is C18H29N3O3. The van der Waals surface area contributed by atoms with Crippen LogP contribution >= 0.6 is 0 Å². The number of pyridine rings is 1. The number of esters is 1. The highest BCUT2D eigenvalue weighted by Crippen LogP contribution is 2.21. The number of amides is 1. The first-order chi connectivity index (χ1) is 11.4. The molecule has 6 nitrogen and oxygen atoms in total. The van der Waals surface area contributed by atoms with Gasteiger partial charge in [-0.1, -0.05) is 20.8 Å². The molecule has 2 unspecified atom stereocenters. The van der Waals surface area contributed by atoms with Crippen LogP contribution in [0.5, 0.6) is 0 Å². The number of carbonyl (C=O) groups excluding carboxylic acids is 2. The zero-order valence-electron chi connectivity index (χ0n) is 15.3. The molecule has 24 heavy (non-hydrogen) atoms. The van der Waals surface area contributed by atoms with Crippen LogP contribution in [0.1, 0.15) is 45.2 Å². The molecule has 0 aliphatic rings. The second-order valence-electron chi connectivity index (χ2n) is 6.39. The molecule has 0 aromatic carbocycles. The highest BCUT2D eigenvalue weighted by atomic mass is 16.5. The van der Waals surface area contributed by atoms with E-state index in [0.717, 1.165) is 12.0 Å².